The smallest absolute Gasteiger partial charge is 0.411 e. The number of aliphatic carboxylic acids is 1. The number of carbonyl (C=O) groups is 3. The van der Waals surface area contributed by atoms with Gasteiger partial charge in [0.05, 0.1) is 11.8 Å². The third-order valence-corrected chi connectivity index (χ3v) is 5.90. The molecule has 40 heavy (non-hydrogen) atoms. The van der Waals surface area contributed by atoms with E-state index < -0.39 is 42.2 Å². The van der Waals surface area contributed by atoms with Crippen LogP contribution in [0.25, 0.3) is 0 Å². The van der Waals surface area contributed by atoms with Gasteiger partial charge >= 0.3 is 12.1 Å². The molecule has 0 aromatic heterocycles. The lowest BCUT2D eigenvalue weighted by molar-refractivity contribution is -0.181. The molecule has 0 aliphatic carbocycles. The third kappa shape index (κ3) is 8.70. The van der Waals surface area contributed by atoms with Gasteiger partial charge in [0.25, 0.3) is 0 Å². The van der Waals surface area contributed by atoms with Crippen molar-refractivity contribution in [1.29, 1.82) is 0 Å². The lowest BCUT2D eigenvalue weighted by atomic mass is 10.1. The lowest BCUT2D eigenvalue weighted by Gasteiger charge is -2.29. The first-order valence-corrected chi connectivity index (χ1v) is 12.7. The number of nitrogens with one attached hydrogen (secondary N) is 1. The summed E-state index contributed by atoms with van der Waals surface area (Å²) in [7, 11) is 0. The number of aliphatic hydroxyl groups is 2. The van der Waals surface area contributed by atoms with Crippen LogP contribution in [-0.2, 0) is 36.8 Å². The van der Waals surface area contributed by atoms with Crippen LogP contribution in [0.5, 0.6) is 5.75 Å². The average molecular weight is 559 g/mol. The van der Waals surface area contributed by atoms with Crippen LogP contribution < -0.4 is 10.1 Å². The maximum absolute atomic E-state index is 12.7. The molecule has 0 spiro atoms. The predicted molar refractivity (Wildman–Crippen MR) is 143 cm³/mol. The number of ether oxygens (including phenoxy) is 4. The van der Waals surface area contributed by atoms with Crippen LogP contribution in [0.2, 0.25) is 0 Å². The fourth-order valence-electron chi connectivity index (χ4n) is 3.82. The first-order chi connectivity index (χ1) is 19.1. The van der Waals surface area contributed by atoms with E-state index in [1.807, 2.05) is 37.3 Å². The van der Waals surface area contributed by atoms with Crippen molar-refractivity contribution in [3.05, 3.63) is 71.5 Å². The lowest BCUT2D eigenvalue weighted by Crippen LogP contribution is -2.45. The zero-order valence-corrected chi connectivity index (χ0v) is 22.5. The monoisotopic (exact) mass is 558 g/mol. The van der Waals surface area contributed by atoms with Crippen molar-refractivity contribution in [3.8, 4) is 5.75 Å². The van der Waals surface area contributed by atoms with Gasteiger partial charge in [-0.05, 0) is 43.5 Å². The van der Waals surface area contributed by atoms with E-state index in [1.165, 1.54) is 24.0 Å². The van der Waals surface area contributed by atoms with Crippen LogP contribution in [0.4, 0.5) is 10.5 Å². The number of amides is 2. The summed E-state index contributed by atoms with van der Waals surface area (Å²) >= 11 is 0. The summed E-state index contributed by atoms with van der Waals surface area (Å²) in [5.41, 5.74) is 1.85. The molecule has 216 valence electrons. The number of benzene rings is 2. The summed E-state index contributed by atoms with van der Waals surface area (Å²) in [6, 6.07) is 14.5. The Morgan fingerprint density at radius 1 is 1.12 bits per heavy atom. The summed E-state index contributed by atoms with van der Waals surface area (Å²) in [4.78, 5) is 37.2. The average Bonchev–Trinajstić information content (AvgIpc) is 2.91. The molecule has 12 nitrogen and oxygen atoms in total. The van der Waals surface area contributed by atoms with E-state index in [0.717, 1.165) is 11.6 Å². The standard InChI is InChI=1S/C28H34N2O10/c1-4-30(16-38-17(2)12-19-8-6-5-7-9-19)28(36)37-15-20-10-11-23(21(13-20)29-18(3)31)39-24-14-22(32)25(33)26(40-24)27(34)35/h5-11,13-14,17,24-26,32-33H,4,12,15-16H2,1-3H3,(H,29,31)(H,34,35). The van der Waals surface area contributed by atoms with Crippen molar-refractivity contribution in [2.24, 2.45) is 0 Å². The highest BCUT2D eigenvalue weighted by Crippen LogP contribution is 2.30. The van der Waals surface area contributed by atoms with E-state index in [9.17, 15) is 29.7 Å². The summed E-state index contributed by atoms with van der Waals surface area (Å²) in [6.45, 7) is 5.33. The molecule has 2 amide bonds. The third-order valence-electron chi connectivity index (χ3n) is 5.90. The number of anilines is 1. The maximum atomic E-state index is 12.7. The Morgan fingerprint density at radius 2 is 1.85 bits per heavy atom. The first-order valence-electron chi connectivity index (χ1n) is 12.7. The van der Waals surface area contributed by atoms with E-state index >= 15 is 0 Å². The Kier molecular flexibility index (Phi) is 10.9. The number of carbonyl (C=O) groups excluding carboxylic acids is 2. The highest BCUT2D eigenvalue weighted by Gasteiger charge is 2.38. The summed E-state index contributed by atoms with van der Waals surface area (Å²) in [6.07, 6.45) is -3.83. The molecule has 0 saturated carbocycles. The molecule has 2 aromatic rings. The van der Waals surface area contributed by atoms with Gasteiger partial charge in [-0.15, -0.1) is 0 Å². The Bertz CT molecular complexity index is 1200. The van der Waals surface area contributed by atoms with Crippen molar-refractivity contribution in [2.75, 3.05) is 18.6 Å². The van der Waals surface area contributed by atoms with Gasteiger partial charge in [0.2, 0.25) is 12.2 Å². The molecular weight excluding hydrogens is 524 g/mol. The molecule has 0 bridgehead atoms. The molecular formula is C28H34N2O10. The zero-order valence-electron chi connectivity index (χ0n) is 22.5. The van der Waals surface area contributed by atoms with Crippen LogP contribution in [0.1, 0.15) is 31.9 Å². The van der Waals surface area contributed by atoms with Gasteiger partial charge in [-0.1, -0.05) is 36.4 Å². The van der Waals surface area contributed by atoms with E-state index in [0.29, 0.717) is 18.5 Å². The maximum Gasteiger partial charge on any atom is 0.411 e. The van der Waals surface area contributed by atoms with Crippen molar-refractivity contribution in [1.82, 2.24) is 4.90 Å². The number of rotatable bonds is 12. The summed E-state index contributed by atoms with van der Waals surface area (Å²) in [5, 5.41) is 31.5. The van der Waals surface area contributed by atoms with Gasteiger partial charge in [-0.25, -0.2) is 9.59 Å². The molecule has 4 unspecified atom stereocenters. The second-order valence-corrected chi connectivity index (χ2v) is 9.14. The number of hydrogen-bond donors (Lipinski definition) is 4. The van der Waals surface area contributed by atoms with E-state index in [2.05, 4.69) is 5.32 Å². The number of carboxylic acid groups (broad SMARTS) is 1. The number of hydrogen-bond acceptors (Lipinski definition) is 9. The van der Waals surface area contributed by atoms with E-state index in [-0.39, 0.29) is 30.9 Å². The van der Waals surface area contributed by atoms with Crippen molar-refractivity contribution in [3.63, 3.8) is 0 Å². The quantitative estimate of drug-likeness (QED) is 0.284. The minimum Gasteiger partial charge on any atom is -0.510 e. The minimum atomic E-state index is -1.75. The Labute approximate surface area is 231 Å². The van der Waals surface area contributed by atoms with Crippen LogP contribution >= 0.6 is 0 Å². The van der Waals surface area contributed by atoms with Crippen LogP contribution in [0.15, 0.2) is 60.4 Å². The summed E-state index contributed by atoms with van der Waals surface area (Å²) < 4.78 is 22.1. The van der Waals surface area contributed by atoms with Gasteiger partial charge in [0.1, 0.15) is 31.0 Å². The molecule has 2 aromatic carbocycles. The zero-order chi connectivity index (χ0) is 29.2. The molecule has 4 atom stereocenters. The Hall–Kier alpha value is -4.13. The van der Waals surface area contributed by atoms with Crippen molar-refractivity contribution in [2.45, 2.75) is 58.4 Å². The molecule has 12 heteroatoms. The molecule has 4 N–H and O–H groups in total. The van der Waals surface area contributed by atoms with E-state index in [4.69, 9.17) is 18.9 Å². The molecule has 1 aliphatic heterocycles. The second kappa shape index (κ2) is 14.3. The highest BCUT2D eigenvalue weighted by atomic mass is 16.7. The Balaban J connectivity index is 1.61. The number of aliphatic hydroxyl groups excluding tert-OH is 2. The molecule has 0 fully saturated rings. The van der Waals surface area contributed by atoms with Crippen molar-refractivity contribution >= 4 is 23.7 Å². The van der Waals surface area contributed by atoms with Crippen LogP contribution in [0.3, 0.4) is 0 Å². The Morgan fingerprint density at radius 3 is 2.50 bits per heavy atom. The van der Waals surface area contributed by atoms with Gasteiger partial charge in [-0.2, -0.15) is 0 Å². The highest BCUT2D eigenvalue weighted by molar-refractivity contribution is 5.90. The number of nitrogens with zero attached hydrogens (tertiary/aromatic N) is 1. The minimum absolute atomic E-state index is 0.0566. The van der Waals surface area contributed by atoms with Gasteiger partial charge < -0.3 is 39.6 Å². The predicted octanol–water partition coefficient (Wildman–Crippen LogP) is 3.20. The SMILES string of the molecule is CCN(COC(C)Cc1ccccc1)C(=O)OCc1ccc(OC2C=C(O)C(O)C(C(=O)O)O2)c(NC(C)=O)c1. The molecule has 0 radical (unpaired) electrons. The normalized spacial score (nSPS) is 19.2. The summed E-state index contributed by atoms with van der Waals surface area (Å²) in [5.74, 6) is -2.43. The van der Waals surface area contributed by atoms with Crippen LogP contribution in [-0.4, -0.2) is 76.1 Å². The molecule has 1 heterocycles. The molecule has 1 aliphatic rings. The topological polar surface area (TPSA) is 164 Å². The van der Waals surface area contributed by atoms with Gasteiger partial charge in [0.15, 0.2) is 6.10 Å². The van der Waals surface area contributed by atoms with Crippen molar-refractivity contribution < 1.29 is 48.7 Å². The molecule has 0 saturated heterocycles. The fourth-order valence-corrected chi connectivity index (χ4v) is 3.82. The van der Waals surface area contributed by atoms with Gasteiger partial charge in [0, 0.05) is 19.5 Å². The van der Waals surface area contributed by atoms with Gasteiger partial charge in [-0.3, -0.25) is 9.69 Å². The first kappa shape index (κ1) is 30.4. The van der Waals surface area contributed by atoms with Crippen LogP contribution in [0, 0.1) is 0 Å². The second-order valence-electron chi connectivity index (χ2n) is 9.14. The van der Waals surface area contributed by atoms with E-state index in [1.54, 1.807) is 13.0 Å². The largest absolute Gasteiger partial charge is 0.510 e. The molecule has 3 rings (SSSR count). The fraction of sp³-hybridized carbons (Fsp3) is 0.393. The number of carboxylic acids is 1.